The van der Waals surface area contributed by atoms with Crippen molar-refractivity contribution in [3.05, 3.63) is 0 Å². The predicted molar refractivity (Wildman–Crippen MR) is 62.0 cm³/mol. The van der Waals surface area contributed by atoms with E-state index in [-0.39, 0.29) is 6.03 Å². The normalized spacial score (nSPS) is 15.8. The maximum absolute atomic E-state index is 11.3. The van der Waals surface area contributed by atoms with Crippen LogP contribution >= 0.6 is 0 Å². The summed E-state index contributed by atoms with van der Waals surface area (Å²) < 4.78 is 0. The summed E-state index contributed by atoms with van der Waals surface area (Å²) in [5.41, 5.74) is 0. The second-order valence-corrected chi connectivity index (χ2v) is 4.13. The lowest BCUT2D eigenvalue weighted by atomic mass is 9.93. The SMILES string of the molecule is CCCNCCCNC(=O)NC1CCC1. The minimum Gasteiger partial charge on any atom is -0.338 e. The van der Waals surface area contributed by atoms with E-state index in [2.05, 4.69) is 22.9 Å². The fraction of sp³-hybridized carbons (Fsp3) is 0.909. The smallest absolute Gasteiger partial charge is 0.315 e. The van der Waals surface area contributed by atoms with Crippen molar-refractivity contribution in [2.75, 3.05) is 19.6 Å². The van der Waals surface area contributed by atoms with Gasteiger partial charge in [0.1, 0.15) is 0 Å². The molecule has 1 saturated carbocycles. The fourth-order valence-electron chi connectivity index (χ4n) is 1.51. The molecule has 4 heteroatoms. The molecule has 1 rings (SSSR count). The highest BCUT2D eigenvalue weighted by Gasteiger charge is 2.18. The van der Waals surface area contributed by atoms with Crippen LogP contribution in [0.3, 0.4) is 0 Å². The van der Waals surface area contributed by atoms with Gasteiger partial charge in [0.05, 0.1) is 0 Å². The zero-order valence-electron chi connectivity index (χ0n) is 9.64. The molecule has 1 aliphatic rings. The van der Waals surface area contributed by atoms with Crippen LogP contribution in [-0.4, -0.2) is 31.7 Å². The molecule has 15 heavy (non-hydrogen) atoms. The largest absolute Gasteiger partial charge is 0.338 e. The lowest BCUT2D eigenvalue weighted by molar-refractivity contribution is 0.228. The average Bonchev–Trinajstić information content (AvgIpc) is 2.17. The van der Waals surface area contributed by atoms with E-state index in [9.17, 15) is 4.79 Å². The number of rotatable bonds is 7. The van der Waals surface area contributed by atoms with Gasteiger partial charge in [-0.2, -0.15) is 0 Å². The van der Waals surface area contributed by atoms with Gasteiger partial charge in [-0.3, -0.25) is 0 Å². The van der Waals surface area contributed by atoms with Crippen LogP contribution in [0.4, 0.5) is 4.79 Å². The van der Waals surface area contributed by atoms with Crippen LogP contribution < -0.4 is 16.0 Å². The summed E-state index contributed by atoms with van der Waals surface area (Å²) in [6.07, 6.45) is 5.70. The molecule has 0 saturated heterocycles. The van der Waals surface area contributed by atoms with E-state index in [1.807, 2.05) is 0 Å². The highest BCUT2D eigenvalue weighted by molar-refractivity contribution is 5.74. The fourth-order valence-corrected chi connectivity index (χ4v) is 1.51. The molecule has 1 aliphatic carbocycles. The van der Waals surface area contributed by atoms with Crippen LogP contribution in [0.1, 0.15) is 39.0 Å². The van der Waals surface area contributed by atoms with Crippen molar-refractivity contribution in [2.45, 2.75) is 45.1 Å². The Morgan fingerprint density at radius 3 is 2.67 bits per heavy atom. The first-order valence-corrected chi connectivity index (χ1v) is 6.08. The Balaban J connectivity index is 1.83. The molecule has 3 N–H and O–H groups in total. The summed E-state index contributed by atoms with van der Waals surface area (Å²) in [6.45, 7) is 4.96. The Morgan fingerprint density at radius 2 is 2.07 bits per heavy atom. The van der Waals surface area contributed by atoms with E-state index in [0.717, 1.165) is 45.3 Å². The van der Waals surface area contributed by atoms with E-state index >= 15 is 0 Å². The van der Waals surface area contributed by atoms with Crippen LogP contribution in [-0.2, 0) is 0 Å². The molecule has 0 aromatic carbocycles. The third-order valence-corrected chi connectivity index (χ3v) is 2.68. The Bertz CT molecular complexity index is 181. The van der Waals surface area contributed by atoms with E-state index in [1.165, 1.54) is 6.42 Å². The van der Waals surface area contributed by atoms with Gasteiger partial charge in [0.25, 0.3) is 0 Å². The van der Waals surface area contributed by atoms with Crippen molar-refractivity contribution in [3.63, 3.8) is 0 Å². The molecular weight excluding hydrogens is 190 g/mol. The molecule has 0 bridgehead atoms. The molecule has 0 radical (unpaired) electrons. The van der Waals surface area contributed by atoms with Gasteiger partial charge in [-0.25, -0.2) is 4.79 Å². The van der Waals surface area contributed by atoms with Crippen LogP contribution in [0.15, 0.2) is 0 Å². The maximum atomic E-state index is 11.3. The Kier molecular flexibility index (Phi) is 6.16. The van der Waals surface area contributed by atoms with Gasteiger partial charge in [-0.15, -0.1) is 0 Å². The number of carbonyl (C=O) groups is 1. The summed E-state index contributed by atoms with van der Waals surface area (Å²) >= 11 is 0. The summed E-state index contributed by atoms with van der Waals surface area (Å²) in [4.78, 5) is 11.3. The molecule has 2 amide bonds. The van der Waals surface area contributed by atoms with Crippen molar-refractivity contribution in [3.8, 4) is 0 Å². The summed E-state index contributed by atoms with van der Waals surface area (Å²) in [5.74, 6) is 0. The molecule has 0 aromatic rings. The van der Waals surface area contributed by atoms with Crippen molar-refractivity contribution in [2.24, 2.45) is 0 Å². The summed E-state index contributed by atoms with van der Waals surface area (Å²) in [6, 6.07) is 0.429. The van der Waals surface area contributed by atoms with Gasteiger partial charge in [-0.1, -0.05) is 6.92 Å². The van der Waals surface area contributed by atoms with Crippen molar-refractivity contribution < 1.29 is 4.79 Å². The number of carbonyl (C=O) groups excluding carboxylic acids is 1. The minimum absolute atomic E-state index is 0.00445. The van der Waals surface area contributed by atoms with Crippen LogP contribution in [0, 0.1) is 0 Å². The van der Waals surface area contributed by atoms with Crippen LogP contribution in [0.25, 0.3) is 0 Å². The lowest BCUT2D eigenvalue weighted by Gasteiger charge is -2.26. The molecule has 0 atom stereocenters. The molecule has 0 heterocycles. The lowest BCUT2D eigenvalue weighted by Crippen LogP contribution is -2.45. The van der Waals surface area contributed by atoms with Crippen molar-refractivity contribution >= 4 is 6.03 Å². The number of hydrogen-bond donors (Lipinski definition) is 3. The molecule has 4 nitrogen and oxygen atoms in total. The molecule has 88 valence electrons. The average molecular weight is 213 g/mol. The van der Waals surface area contributed by atoms with Gasteiger partial charge >= 0.3 is 6.03 Å². The maximum Gasteiger partial charge on any atom is 0.315 e. The van der Waals surface area contributed by atoms with Gasteiger partial charge < -0.3 is 16.0 Å². The third kappa shape index (κ3) is 5.62. The Morgan fingerprint density at radius 1 is 1.27 bits per heavy atom. The standard InChI is InChI=1S/C11H23N3O/c1-2-7-12-8-4-9-13-11(15)14-10-5-3-6-10/h10,12H,2-9H2,1H3,(H2,13,14,15). The quantitative estimate of drug-likeness (QED) is 0.557. The molecular formula is C11H23N3O. The first kappa shape index (κ1) is 12.3. The first-order valence-electron chi connectivity index (χ1n) is 6.08. The predicted octanol–water partition coefficient (Wildman–Crippen LogP) is 1.23. The van der Waals surface area contributed by atoms with Gasteiger partial charge in [0.15, 0.2) is 0 Å². The van der Waals surface area contributed by atoms with E-state index < -0.39 is 0 Å². The highest BCUT2D eigenvalue weighted by Crippen LogP contribution is 2.17. The van der Waals surface area contributed by atoms with E-state index in [1.54, 1.807) is 0 Å². The minimum atomic E-state index is -0.00445. The highest BCUT2D eigenvalue weighted by atomic mass is 16.2. The molecule has 0 unspecified atom stereocenters. The van der Waals surface area contributed by atoms with Gasteiger partial charge in [-0.05, 0) is 45.2 Å². The number of urea groups is 1. The van der Waals surface area contributed by atoms with Crippen LogP contribution in [0.2, 0.25) is 0 Å². The van der Waals surface area contributed by atoms with Crippen molar-refractivity contribution in [1.29, 1.82) is 0 Å². The third-order valence-electron chi connectivity index (χ3n) is 2.68. The second kappa shape index (κ2) is 7.51. The van der Waals surface area contributed by atoms with Gasteiger partial charge in [0.2, 0.25) is 0 Å². The molecule has 0 spiro atoms. The monoisotopic (exact) mass is 213 g/mol. The molecule has 0 aromatic heterocycles. The molecule has 1 fully saturated rings. The number of nitrogens with one attached hydrogen (secondary N) is 3. The van der Waals surface area contributed by atoms with E-state index in [4.69, 9.17) is 0 Å². The number of hydrogen-bond acceptors (Lipinski definition) is 2. The summed E-state index contributed by atoms with van der Waals surface area (Å²) in [7, 11) is 0. The van der Waals surface area contributed by atoms with Gasteiger partial charge in [0, 0.05) is 12.6 Å². The summed E-state index contributed by atoms with van der Waals surface area (Å²) in [5, 5.41) is 9.12. The van der Waals surface area contributed by atoms with E-state index in [0.29, 0.717) is 6.04 Å². The Hall–Kier alpha value is -0.770. The van der Waals surface area contributed by atoms with Crippen LogP contribution in [0.5, 0.6) is 0 Å². The molecule has 0 aliphatic heterocycles. The second-order valence-electron chi connectivity index (χ2n) is 4.13. The topological polar surface area (TPSA) is 53.2 Å². The first-order chi connectivity index (χ1) is 7.33. The van der Waals surface area contributed by atoms with Crippen molar-refractivity contribution in [1.82, 2.24) is 16.0 Å². The Labute approximate surface area is 92.2 Å². The number of amides is 2. The zero-order valence-corrected chi connectivity index (χ0v) is 9.64. The zero-order chi connectivity index (χ0) is 10.9.